The van der Waals surface area contributed by atoms with Gasteiger partial charge in [0.25, 0.3) is 0 Å². The molecule has 0 spiro atoms. The predicted octanol–water partition coefficient (Wildman–Crippen LogP) is 3.52. The number of rotatable bonds is 8. The molecule has 28 heavy (non-hydrogen) atoms. The fourth-order valence-electron chi connectivity index (χ4n) is 2.98. The first-order chi connectivity index (χ1) is 13.7. The lowest BCUT2D eigenvalue weighted by atomic mass is 10.2. The lowest BCUT2D eigenvalue weighted by Gasteiger charge is -2.15. The molecule has 7 nitrogen and oxygen atoms in total. The number of benzene rings is 2. The molecule has 3 rings (SSSR count). The number of methoxy groups -OCH3 is 1. The summed E-state index contributed by atoms with van der Waals surface area (Å²) in [6.45, 7) is 4.21. The third-order valence-electron chi connectivity index (χ3n) is 4.35. The first kappa shape index (κ1) is 19.5. The Morgan fingerprint density at radius 2 is 2.04 bits per heavy atom. The van der Waals surface area contributed by atoms with Crippen LogP contribution in [0.4, 0.5) is 5.69 Å². The van der Waals surface area contributed by atoms with E-state index in [0.29, 0.717) is 24.1 Å². The molecule has 3 aromatic rings. The number of nitrogens with one attached hydrogen (secondary N) is 2. The van der Waals surface area contributed by atoms with Gasteiger partial charge >= 0.3 is 0 Å². The zero-order valence-corrected chi connectivity index (χ0v) is 16.6. The third-order valence-corrected chi connectivity index (χ3v) is 4.35. The molecule has 0 saturated carbocycles. The van der Waals surface area contributed by atoms with Crippen molar-refractivity contribution < 1.29 is 9.47 Å². The molecule has 0 saturated heterocycles. The molecule has 0 aliphatic rings. The van der Waals surface area contributed by atoms with E-state index in [1.165, 1.54) is 0 Å². The van der Waals surface area contributed by atoms with E-state index >= 15 is 0 Å². The van der Waals surface area contributed by atoms with E-state index in [1.54, 1.807) is 14.2 Å². The summed E-state index contributed by atoms with van der Waals surface area (Å²) in [4.78, 5) is 8.72. The molecule has 0 radical (unpaired) electrons. The van der Waals surface area contributed by atoms with Gasteiger partial charge in [0.15, 0.2) is 17.5 Å². The Kier molecular flexibility index (Phi) is 6.73. The minimum Gasteiger partial charge on any atom is -0.493 e. The van der Waals surface area contributed by atoms with E-state index < -0.39 is 0 Å². The van der Waals surface area contributed by atoms with Crippen molar-refractivity contribution in [1.82, 2.24) is 14.9 Å². The van der Waals surface area contributed by atoms with E-state index in [2.05, 4.69) is 31.2 Å². The number of nitrogens with zero attached hydrogens (tertiary/aromatic N) is 3. The van der Waals surface area contributed by atoms with Crippen LogP contribution in [0.3, 0.4) is 0 Å². The maximum Gasteiger partial charge on any atom is 0.195 e. The number of hydrogen-bond donors (Lipinski definition) is 2. The molecule has 0 unspecified atom stereocenters. The average molecular weight is 381 g/mol. The number of aliphatic imine (C=N–C) groups is 1. The Labute approximate surface area is 165 Å². The zero-order valence-electron chi connectivity index (χ0n) is 16.6. The Bertz CT molecular complexity index is 935. The maximum absolute atomic E-state index is 5.62. The van der Waals surface area contributed by atoms with Crippen molar-refractivity contribution in [2.75, 3.05) is 32.6 Å². The van der Waals surface area contributed by atoms with Gasteiger partial charge in [0.2, 0.25) is 0 Å². The number of para-hydroxylation sites is 2. The van der Waals surface area contributed by atoms with Crippen molar-refractivity contribution in [2.45, 2.75) is 19.9 Å². The summed E-state index contributed by atoms with van der Waals surface area (Å²) in [5.41, 5.74) is 3.07. The van der Waals surface area contributed by atoms with Gasteiger partial charge in [0, 0.05) is 31.9 Å². The standard InChI is InChI=1S/C21H27N5O2/c1-4-28-20-14-16(10-11-19(20)27-3)25-21(22-2)23-12-7-13-26-15-24-17-8-5-6-9-18(17)26/h5-6,8-11,14-15H,4,7,12-13H2,1-3H3,(H2,22,23,25). The number of guanidine groups is 1. The van der Waals surface area contributed by atoms with Gasteiger partial charge < -0.3 is 24.7 Å². The predicted molar refractivity (Wildman–Crippen MR) is 113 cm³/mol. The fourth-order valence-corrected chi connectivity index (χ4v) is 2.98. The molecule has 1 aromatic heterocycles. The van der Waals surface area contributed by atoms with Crippen molar-refractivity contribution >= 4 is 22.7 Å². The molecule has 0 fully saturated rings. The summed E-state index contributed by atoms with van der Waals surface area (Å²) in [7, 11) is 3.39. The van der Waals surface area contributed by atoms with Crippen LogP contribution in [0.5, 0.6) is 11.5 Å². The number of aryl methyl sites for hydroxylation is 1. The van der Waals surface area contributed by atoms with Gasteiger partial charge in [-0.05, 0) is 37.6 Å². The third kappa shape index (κ3) is 4.73. The second kappa shape index (κ2) is 9.64. The van der Waals surface area contributed by atoms with Gasteiger partial charge in [-0.3, -0.25) is 4.99 Å². The van der Waals surface area contributed by atoms with Gasteiger partial charge in [-0.25, -0.2) is 4.98 Å². The summed E-state index contributed by atoms with van der Waals surface area (Å²) < 4.78 is 13.1. The van der Waals surface area contributed by atoms with Gasteiger partial charge in [-0.1, -0.05) is 12.1 Å². The molecule has 2 N–H and O–H groups in total. The number of anilines is 1. The quantitative estimate of drug-likeness (QED) is 0.355. The van der Waals surface area contributed by atoms with Crippen LogP contribution < -0.4 is 20.1 Å². The highest BCUT2D eigenvalue weighted by molar-refractivity contribution is 5.93. The molecule has 7 heteroatoms. The maximum atomic E-state index is 5.62. The van der Waals surface area contributed by atoms with E-state index in [0.717, 1.165) is 36.2 Å². The number of imidazole rings is 1. The minimum atomic E-state index is 0.579. The number of fused-ring (bicyclic) bond motifs is 1. The Morgan fingerprint density at radius 1 is 1.18 bits per heavy atom. The smallest absolute Gasteiger partial charge is 0.195 e. The Hall–Kier alpha value is -3.22. The topological polar surface area (TPSA) is 72.7 Å². The van der Waals surface area contributed by atoms with E-state index in [4.69, 9.17) is 9.47 Å². The first-order valence-electron chi connectivity index (χ1n) is 9.43. The van der Waals surface area contributed by atoms with E-state index in [1.807, 2.05) is 49.6 Å². The Morgan fingerprint density at radius 3 is 2.82 bits per heavy atom. The van der Waals surface area contributed by atoms with Crippen molar-refractivity contribution in [3.63, 3.8) is 0 Å². The minimum absolute atomic E-state index is 0.579. The highest BCUT2D eigenvalue weighted by Gasteiger charge is 2.07. The normalized spacial score (nSPS) is 11.5. The van der Waals surface area contributed by atoms with Crippen LogP contribution in [-0.2, 0) is 6.54 Å². The lowest BCUT2D eigenvalue weighted by molar-refractivity contribution is 0.311. The molecule has 0 atom stereocenters. The van der Waals surface area contributed by atoms with Crippen LogP contribution in [0.15, 0.2) is 53.8 Å². The van der Waals surface area contributed by atoms with Gasteiger partial charge in [0.05, 0.1) is 31.1 Å². The van der Waals surface area contributed by atoms with Gasteiger partial charge in [-0.2, -0.15) is 0 Å². The molecular formula is C21H27N5O2. The summed E-state index contributed by atoms with van der Waals surface area (Å²) in [6.07, 6.45) is 2.85. The molecule has 148 valence electrons. The van der Waals surface area contributed by atoms with Crippen LogP contribution in [0.1, 0.15) is 13.3 Å². The van der Waals surface area contributed by atoms with Gasteiger partial charge in [-0.15, -0.1) is 0 Å². The monoisotopic (exact) mass is 381 g/mol. The molecule has 0 aliphatic carbocycles. The second-order valence-corrected chi connectivity index (χ2v) is 6.20. The van der Waals surface area contributed by atoms with E-state index in [9.17, 15) is 0 Å². The summed E-state index contributed by atoms with van der Waals surface area (Å²) in [5.74, 6) is 2.13. The van der Waals surface area contributed by atoms with Gasteiger partial charge in [0.1, 0.15) is 0 Å². The molecule has 0 bridgehead atoms. The van der Waals surface area contributed by atoms with Crippen LogP contribution in [0.2, 0.25) is 0 Å². The number of ether oxygens (including phenoxy) is 2. The molecular weight excluding hydrogens is 354 g/mol. The lowest BCUT2D eigenvalue weighted by Crippen LogP contribution is -2.31. The average Bonchev–Trinajstić information content (AvgIpc) is 3.14. The number of aromatic nitrogens is 2. The highest BCUT2D eigenvalue weighted by Crippen LogP contribution is 2.30. The van der Waals surface area contributed by atoms with Crippen molar-refractivity contribution in [3.05, 3.63) is 48.8 Å². The van der Waals surface area contributed by atoms with Crippen LogP contribution in [0, 0.1) is 0 Å². The number of hydrogen-bond acceptors (Lipinski definition) is 4. The fraction of sp³-hybridized carbons (Fsp3) is 0.333. The SMILES string of the molecule is CCOc1cc(NC(=NC)NCCCn2cnc3ccccc32)ccc1OC. The summed E-state index contributed by atoms with van der Waals surface area (Å²) in [6, 6.07) is 13.9. The van der Waals surface area contributed by atoms with Crippen LogP contribution in [-0.4, -0.2) is 42.8 Å². The largest absolute Gasteiger partial charge is 0.493 e. The molecule has 0 amide bonds. The van der Waals surface area contributed by atoms with Crippen molar-refractivity contribution in [3.8, 4) is 11.5 Å². The summed E-state index contributed by atoms with van der Waals surface area (Å²) >= 11 is 0. The Balaban J connectivity index is 1.53. The molecule has 0 aliphatic heterocycles. The zero-order chi connectivity index (χ0) is 19.8. The molecule has 2 aromatic carbocycles. The van der Waals surface area contributed by atoms with Crippen molar-refractivity contribution in [2.24, 2.45) is 4.99 Å². The first-order valence-corrected chi connectivity index (χ1v) is 9.43. The highest BCUT2D eigenvalue weighted by atomic mass is 16.5. The molecule has 1 heterocycles. The second-order valence-electron chi connectivity index (χ2n) is 6.20. The summed E-state index contributed by atoms with van der Waals surface area (Å²) in [5, 5.41) is 6.63. The van der Waals surface area contributed by atoms with Crippen LogP contribution in [0.25, 0.3) is 11.0 Å². The van der Waals surface area contributed by atoms with Crippen LogP contribution >= 0.6 is 0 Å². The van der Waals surface area contributed by atoms with E-state index in [-0.39, 0.29) is 0 Å². The van der Waals surface area contributed by atoms with Crippen molar-refractivity contribution in [1.29, 1.82) is 0 Å².